The van der Waals surface area contributed by atoms with Crippen LogP contribution in [0, 0.1) is 13.8 Å². The van der Waals surface area contributed by atoms with E-state index in [0.29, 0.717) is 11.6 Å². The van der Waals surface area contributed by atoms with Gasteiger partial charge in [0.2, 0.25) is 0 Å². The second kappa shape index (κ2) is 2.21. The van der Waals surface area contributed by atoms with Gasteiger partial charge in [-0.05, 0) is 13.8 Å². The Morgan fingerprint density at radius 2 is 1.90 bits per heavy atom. The van der Waals surface area contributed by atoms with E-state index in [9.17, 15) is 4.79 Å². The molecule has 0 aliphatic rings. The van der Waals surface area contributed by atoms with Gasteiger partial charge in [0.25, 0.3) is 0 Å². The highest BCUT2D eigenvalue weighted by atomic mass is 16.1. The maximum absolute atomic E-state index is 10.9. The lowest BCUT2D eigenvalue weighted by Gasteiger charge is -1.99. The summed E-state index contributed by atoms with van der Waals surface area (Å²) in [5.74, 6) is 1.22. The Kier molecular flexibility index (Phi) is 1.53. The molecule has 0 aromatic carbocycles. The van der Waals surface area contributed by atoms with E-state index in [0.717, 1.165) is 0 Å². The van der Waals surface area contributed by atoms with Crippen molar-refractivity contribution in [2.24, 2.45) is 7.05 Å². The fraction of sp³-hybridized carbons (Fsp3) is 0.500. The molecule has 4 nitrogen and oxygen atoms in total. The number of aryl methyl sites for hydroxylation is 2. The first-order valence-corrected chi connectivity index (χ1v) is 2.99. The van der Waals surface area contributed by atoms with Crippen molar-refractivity contribution in [1.82, 2.24) is 14.5 Å². The smallest absolute Gasteiger partial charge is 0.283 e. The zero-order valence-corrected chi connectivity index (χ0v) is 6.25. The van der Waals surface area contributed by atoms with Crippen LogP contribution in [0.3, 0.4) is 0 Å². The topological polar surface area (TPSA) is 47.8 Å². The van der Waals surface area contributed by atoms with Crippen molar-refractivity contribution in [3.8, 4) is 0 Å². The van der Waals surface area contributed by atoms with Gasteiger partial charge in [-0.2, -0.15) is 4.98 Å². The standard InChI is InChI=1S/C6H9N3O/c1-4-7-5(2)9(3)6(10)8-4/h1-3H3. The normalized spacial score (nSPS) is 9.90. The number of aromatic nitrogens is 3. The van der Waals surface area contributed by atoms with Crippen LogP contribution >= 0.6 is 0 Å². The molecule has 0 saturated carbocycles. The SMILES string of the molecule is Cc1nc(C)n(C)c(=O)n1. The molecule has 0 amide bonds. The fourth-order valence-corrected chi connectivity index (χ4v) is 0.686. The molecule has 0 atom stereocenters. The zero-order valence-electron chi connectivity index (χ0n) is 6.25. The molecular formula is C6H9N3O. The highest BCUT2D eigenvalue weighted by Crippen LogP contribution is 1.84. The van der Waals surface area contributed by atoms with E-state index < -0.39 is 0 Å². The Morgan fingerprint density at radius 3 is 2.40 bits per heavy atom. The van der Waals surface area contributed by atoms with E-state index in [1.54, 1.807) is 20.9 Å². The minimum absolute atomic E-state index is 0.245. The summed E-state index contributed by atoms with van der Waals surface area (Å²) in [7, 11) is 1.65. The summed E-state index contributed by atoms with van der Waals surface area (Å²) in [6, 6.07) is 0. The number of hydrogen-bond donors (Lipinski definition) is 0. The average Bonchev–Trinajstić information content (AvgIpc) is 1.82. The predicted molar refractivity (Wildman–Crippen MR) is 36.7 cm³/mol. The van der Waals surface area contributed by atoms with E-state index in [1.165, 1.54) is 4.57 Å². The van der Waals surface area contributed by atoms with Crippen molar-refractivity contribution in [2.75, 3.05) is 0 Å². The van der Waals surface area contributed by atoms with Crippen LogP contribution in [0.4, 0.5) is 0 Å². The van der Waals surface area contributed by atoms with E-state index in [-0.39, 0.29) is 5.69 Å². The molecule has 1 rings (SSSR count). The van der Waals surface area contributed by atoms with E-state index >= 15 is 0 Å². The maximum atomic E-state index is 10.9. The van der Waals surface area contributed by atoms with E-state index in [1.807, 2.05) is 0 Å². The minimum atomic E-state index is -0.245. The van der Waals surface area contributed by atoms with Crippen LogP contribution in [0.1, 0.15) is 11.6 Å². The Bertz CT molecular complexity index is 302. The molecule has 0 bridgehead atoms. The molecule has 0 spiro atoms. The first kappa shape index (κ1) is 6.92. The molecule has 0 unspecified atom stereocenters. The third-order valence-electron chi connectivity index (χ3n) is 1.35. The van der Waals surface area contributed by atoms with Crippen molar-refractivity contribution < 1.29 is 0 Å². The second-order valence-corrected chi connectivity index (χ2v) is 2.16. The van der Waals surface area contributed by atoms with Crippen molar-refractivity contribution in [1.29, 1.82) is 0 Å². The van der Waals surface area contributed by atoms with Gasteiger partial charge < -0.3 is 0 Å². The van der Waals surface area contributed by atoms with Gasteiger partial charge in [0.15, 0.2) is 0 Å². The average molecular weight is 139 g/mol. The maximum Gasteiger partial charge on any atom is 0.350 e. The van der Waals surface area contributed by atoms with Gasteiger partial charge in [-0.25, -0.2) is 9.78 Å². The largest absolute Gasteiger partial charge is 0.350 e. The van der Waals surface area contributed by atoms with Crippen LogP contribution in [0.2, 0.25) is 0 Å². The number of nitrogens with zero attached hydrogens (tertiary/aromatic N) is 3. The van der Waals surface area contributed by atoms with Crippen LogP contribution in [0.25, 0.3) is 0 Å². The Labute approximate surface area is 58.6 Å². The quantitative estimate of drug-likeness (QED) is 0.499. The summed E-state index contributed by atoms with van der Waals surface area (Å²) in [5.41, 5.74) is -0.245. The number of rotatable bonds is 0. The summed E-state index contributed by atoms with van der Waals surface area (Å²) < 4.78 is 1.41. The molecular weight excluding hydrogens is 130 g/mol. The third-order valence-corrected chi connectivity index (χ3v) is 1.35. The molecule has 4 heteroatoms. The first-order valence-electron chi connectivity index (χ1n) is 2.99. The van der Waals surface area contributed by atoms with Crippen LogP contribution in [-0.2, 0) is 7.05 Å². The Morgan fingerprint density at radius 1 is 1.30 bits per heavy atom. The van der Waals surface area contributed by atoms with E-state index in [4.69, 9.17) is 0 Å². The van der Waals surface area contributed by atoms with Crippen molar-refractivity contribution in [3.63, 3.8) is 0 Å². The molecule has 0 fully saturated rings. The van der Waals surface area contributed by atoms with Gasteiger partial charge in [-0.3, -0.25) is 4.57 Å². The van der Waals surface area contributed by atoms with Crippen molar-refractivity contribution in [3.05, 3.63) is 22.1 Å². The molecule has 0 aliphatic heterocycles. The minimum Gasteiger partial charge on any atom is -0.283 e. The first-order chi connectivity index (χ1) is 4.61. The summed E-state index contributed by atoms with van der Waals surface area (Å²) in [6.07, 6.45) is 0. The Hall–Kier alpha value is -1.19. The molecule has 1 aromatic heterocycles. The lowest BCUT2D eigenvalue weighted by molar-refractivity contribution is 0.712. The Balaban J connectivity index is 3.46. The van der Waals surface area contributed by atoms with E-state index in [2.05, 4.69) is 9.97 Å². The highest BCUT2D eigenvalue weighted by molar-refractivity contribution is 4.87. The van der Waals surface area contributed by atoms with Crippen molar-refractivity contribution in [2.45, 2.75) is 13.8 Å². The molecule has 0 saturated heterocycles. The fourth-order valence-electron chi connectivity index (χ4n) is 0.686. The van der Waals surface area contributed by atoms with Gasteiger partial charge >= 0.3 is 5.69 Å². The lowest BCUT2D eigenvalue weighted by Crippen LogP contribution is -2.24. The van der Waals surface area contributed by atoms with Gasteiger partial charge in [0.1, 0.15) is 11.6 Å². The second-order valence-electron chi connectivity index (χ2n) is 2.16. The van der Waals surface area contributed by atoms with Crippen LogP contribution in [0.15, 0.2) is 4.79 Å². The summed E-state index contributed by atoms with van der Waals surface area (Å²) in [4.78, 5) is 18.5. The lowest BCUT2D eigenvalue weighted by atomic mass is 10.6. The monoisotopic (exact) mass is 139 g/mol. The summed E-state index contributed by atoms with van der Waals surface area (Å²) in [5, 5.41) is 0. The molecule has 10 heavy (non-hydrogen) atoms. The van der Waals surface area contributed by atoms with Crippen LogP contribution in [-0.4, -0.2) is 14.5 Å². The van der Waals surface area contributed by atoms with Crippen LogP contribution in [0.5, 0.6) is 0 Å². The van der Waals surface area contributed by atoms with Gasteiger partial charge in [0.05, 0.1) is 0 Å². The summed E-state index contributed by atoms with van der Waals surface area (Å²) in [6.45, 7) is 3.48. The van der Waals surface area contributed by atoms with Gasteiger partial charge in [-0.15, -0.1) is 0 Å². The summed E-state index contributed by atoms with van der Waals surface area (Å²) >= 11 is 0. The van der Waals surface area contributed by atoms with Gasteiger partial charge in [0, 0.05) is 7.05 Å². The predicted octanol–water partition coefficient (Wildman–Crippen LogP) is -0.208. The van der Waals surface area contributed by atoms with Crippen molar-refractivity contribution >= 4 is 0 Å². The van der Waals surface area contributed by atoms with Gasteiger partial charge in [-0.1, -0.05) is 0 Å². The zero-order chi connectivity index (χ0) is 7.72. The molecule has 1 heterocycles. The van der Waals surface area contributed by atoms with Crippen LogP contribution < -0.4 is 5.69 Å². The third kappa shape index (κ3) is 1.05. The highest BCUT2D eigenvalue weighted by Gasteiger charge is 1.96. The molecule has 1 aromatic rings. The molecule has 0 N–H and O–H groups in total. The molecule has 0 aliphatic carbocycles. The molecule has 0 radical (unpaired) electrons. The molecule has 54 valence electrons. The number of hydrogen-bond acceptors (Lipinski definition) is 3.